The second-order valence-electron chi connectivity index (χ2n) is 22.3. The quantitative estimate of drug-likeness (QED) is 0.0170. The van der Waals surface area contributed by atoms with Crippen LogP contribution in [0.2, 0.25) is 0 Å². The van der Waals surface area contributed by atoms with E-state index in [0.29, 0.717) is 12.8 Å². The van der Waals surface area contributed by atoms with Crippen LogP contribution in [-0.2, 0) is 47.9 Å². The van der Waals surface area contributed by atoms with Gasteiger partial charge in [0.2, 0.25) is 6.29 Å². The third kappa shape index (κ3) is 28.4. The molecule has 2 aliphatic rings. The normalized spacial score (nSPS) is 26.6. The molecule has 15 unspecified atom stereocenters. The number of hydrogen-bond acceptors (Lipinski definition) is 16. The maximum atomic E-state index is 14.0. The van der Waals surface area contributed by atoms with Crippen LogP contribution < -0.4 is 0 Å². The fourth-order valence-electron chi connectivity index (χ4n) is 10.7. The molecule has 17 nitrogen and oxygen atoms in total. The van der Waals surface area contributed by atoms with Crippen LogP contribution in [0, 0.1) is 23.7 Å². The molecule has 2 aliphatic heterocycles. The van der Waals surface area contributed by atoms with Crippen molar-refractivity contribution in [1.29, 1.82) is 0 Å². The largest absolute Gasteiger partial charge is 0.455 e. The van der Waals surface area contributed by atoms with Crippen molar-refractivity contribution in [2.45, 2.75) is 308 Å². The number of unbranched alkanes of at least 4 members (excludes halogenated alkanes) is 24. The Morgan fingerprint density at radius 2 is 0.946 bits per heavy atom. The molecule has 74 heavy (non-hydrogen) atoms. The predicted octanol–water partition coefficient (Wildman–Crippen LogP) is 9.57. The van der Waals surface area contributed by atoms with Crippen LogP contribution in [0.15, 0.2) is 0 Å². The summed E-state index contributed by atoms with van der Waals surface area (Å²) in [6, 6.07) is 0. The summed E-state index contributed by atoms with van der Waals surface area (Å²) in [4.78, 5) is 27.5. The van der Waals surface area contributed by atoms with Gasteiger partial charge in [0.05, 0.1) is 25.2 Å². The minimum atomic E-state index is -5.32. The number of hydrogen-bond donors (Lipinski definition) is 7. The lowest BCUT2D eigenvalue weighted by atomic mass is 9.83. The van der Waals surface area contributed by atoms with Gasteiger partial charge in [-0.3, -0.25) is 14.1 Å². The van der Waals surface area contributed by atoms with Gasteiger partial charge in [0.25, 0.3) is 0 Å². The standard InChI is InChI=1S/C56H106O17S/c1-7-9-11-13-15-17-19-21-23-25-27-29-31-33-44(59)42(5)36-40(3)35-41(4)37-43(6)54(64)71-53-51(70-47(60)34-32-30-28-26-24-22-20-18-16-14-12-10-8-2)49(62)46(39-58)69-56(53)72-55-52(73-74(65,66)67)50(63)48(61)45(38-57)68-55/h40-46,48-53,55-59,61-63H,7-39H2,1-6H3,(H,65,66,67). The van der Waals surface area contributed by atoms with Gasteiger partial charge in [-0.1, -0.05) is 202 Å². The number of carbonyl (C=O) groups excluding carboxylic acids is 2. The Balaban J connectivity index is 2.06. The molecular formula is C56H106O17S. The first-order chi connectivity index (χ1) is 35.4. The molecular weight excluding hydrogens is 977 g/mol. The summed E-state index contributed by atoms with van der Waals surface area (Å²) >= 11 is 0. The number of aliphatic hydroxyl groups excluding tert-OH is 6. The fraction of sp³-hybridized carbons (Fsp3) is 0.964. The molecule has 0 aromatic heterocycles. The summed E-state index contributed by atoms with van der Waals surface area (Å²) < 4.78 is 67.1. The number of ether oxygens (including phenoxy) is 5. The van der Waals surface area contributed by atoms with Crippen molar-refractivity contribution in [3.05, 3.63) is 0 Å². The van der Waals surface area contributed by atoms with E-state index in [2.05, 4.69) is 31.9 Å². The van der Waals surface area contributed by atoms with Crippen LogP contribution in [0.4, 0.5) is 0 Å². The topological polar surface area (TPSA) is 265 Å². The first-order valence-electron chi connectivity index (χ1n) is 29.3. The molecule has 0 aliphatic carbocycles. The lowest BCUT2D eigenvalue weighted by Crippen LogP contribution is -2.65. The van der Waals surface area contributed by atoms with Crippen molar-refractivity contribution in [3.63, 3.8) is 0 Å². The van der Waals surface area contributed by atoms with Gasteiger partial charge in [0.1, 0.15) is 30.5 Å². The Morgan fingerprint density at radius 1 is 0.527 bits per heavy atom. The molecule has 0 radical (unpaired) electrons. The zero-order valence-corrected chi connectivity index (χ0v) is 47.4. The van der Waals surface area contributed by atoms with Crippen LogP contribution in [0.25, 0.3) is 0 Å². The van der Waals surface area contributed by atoms with Gasteiger partial charge >= 0.3 is 22.3 Å². The minimum Gasteiger partial charge on any atom is -0.455 e. The summed E-state index contributed by atoms with van der Waals surface area (Å²) in [5.41, 5.74) is 0. The highest BCUT2D eigenvalue weighted by molar-refractivity contribution is 7.80. The Bertz CT molecular complexity index is 1540. The molecule has 2 rings (SSSR count). The highest BCUT2D eigenvalue weighted by atomic mass is 32.3. The summed E-state index contributed by atoms with van der Waals surface area (Å²) in [7, 11) is -5.32. The monoisotopic (exact) mass is 1080 g/mol. The summed E-state index contributed by atoms with van der Waals surface area (Å²) in [5, 5.41) is 64.0. The third-order valence-corrected chi connectivity index (χ3v) is 15.6. The first-order valence-corrected chi connectivity index (χ1v) is 30.7. The molecule has 7 N–H and O–H groups in total. The molecule has 0 aromatic rings. The van der Waals surface area contributed by atoms with Gasteiger partial charge in [-0.2, -0.15) is 8.42 Å². The van der Waals surface area contributed by atoms with Gasteiger partial charge in [0, 0.05) is 6.42 Å². The lowest BCUT2D eigenvalue weighted by Gasteiger charge is -2.46. The van der Waals surface area contributed by atoms with E-state index in [4.69, 9.17) is 23.7 Å². The van der Waals surface area contributed by atoms with Gasteiger partial charge in [0.15, 0.2) is 24.6 Å². The van der Waals surface area contributed by atoms with Crippen molar-refractivity contribution in [1.82, 2.24) is 0 Å². The second kappa shape index (κ2) is 39.8. The van der Waals surface area contributed by atoms with E-state index in [9.17, 15) is 53.2 Å². The maximum Gasteiger partial charge on any atom is 0.397 e. The number of rotatable bonds is 44. The molecule has 15 atom stereocenters. The zero-order valence-electron chi connectivity index (χ0n) is 46.6. The lowest BCUT2D eigenvalue weighted by molar-refractivity contribution is -0.374. The Morgan fingerprint density at radius 3 is 1.41 bits per heavy atom. The van der Waals surface area contributed by atoms with Gasteiger partial charge in [-0.15, -0.1) is 0 Å². The third-order valence-electron chi connectivity index (χ3n) is 15.1. The number of esters is 2. The van der Waals surface area contributed by atoms with E-state index in [0.717, 1.165) is 57.8 Å². The summed E-state index contributed by atoms with van der Waals surface area (Å²) in [6.45, 7) is 10.6. The van der Waals surface area contributed by atoms with Crippen LogP contribution in [-0.4, -0.2) is 136 Å². The van der Waals surface area contributed by atoms with Crippen LogP contribution in [0.3, 0.4) is 0 Å². The van der Waals surface area contributed by atoms with Crippen LogP contribution in [0.5, 0.6) is 0 Å². The molecule has 0 aromatic carbocycles. The Labute approximate surface area is 446 Å². The average molecular weight is 1080 g/mol. The predicted molar refractivity (Wildman–Crippen MR) is 284 cm³/mol. The van der Waals surface area contributed by atoms with Crippen molar-refractivity contribution in [3.8, 4) is 0 Å². The Kier molecular flexibility index (Phi) is 36.8. The van der Waals surface area contributed by atoms with E-state index < -0.39 is 109 Å². The van der Waals surface area contributed by atoms with Crippen molar-refractivity contribution >= 4 is 22.3 Å². The van der Waals surface area contributed by atoms with E-state index in [1.54, 1.807) is 6.92 Å². The summed E-state index contributed by atoms with van der Waals surface area (Å²) in [5.74, 6) is -1.88. The van der Waals surface area contributed by atoms with Crippen LogP contribution in [0.1, 0.15) is 241 Å². The van der Waals surface area contributed by atoms with Crippen molar-refractivity contribution in [2.75, 3.05) is 13.2 Å². The average Bonchev–Trinajstić information content (AvgIpc) is 3.35. The molecule has 0 bridgehead atoms. The molecule has 2 heterocycles. The summed E-state index contributed by atoms with van der Waals surface area (Å²) in [6.07, 6.45) is 14.8. The van der Waals surface area contributed by atoms with Crippen molar-refractivity contribution < 1.29 is 81.1 Å². The molecule has 438 valence electrons. The molecule has 0 amide bonds. The number of aliphatic hydroxyl groups is 6. The molecule has 2 saturated heterocycles. The van der Waals surface area contributed by atoms with Crippen LogP contribution >= 0.6 is 0 Å². The van der Waals surface area contributed by atoms with Crippen molar-refractivity contribution in [2.24, 2.45) is 23.7 Å². The molecule has 0 spiro atoms. The number of carbonyl (C=O) groups is 2. The minimum absolute atomic E-state index is 0.0305. The van der Waals surface area contributed by atoms with Gasteiger partial charge in [-0.05, 0) is 49.9 Å². The van der Waals surface area contributed by atoms with Gasteiger partial charge < -0.3 is 54.3 Å². The second-order valence-corrected chi connectivity index (χ2v) is 23.3. The van der Waals surface area contributed by atoms with Gasteiger partial charge in [-0.25, -0.2) is 4.18 Å². The first kappa shape index (κ1) is 68.6. The smallest absolute Gasteiger partial charge is 0.397 e. The molecule has 0 saturated carbocycles. The Hall–Kier alpha value is -1.55. The SMILES string of the molecule is CCCCCCCCCCCCCCCC(=O)OC1C(O)C(CO)OC(OC2OC(CO)C(O)C(O)C2OS(=O)(=O)O)C1OC(=O)C(C)CC(C)CC(C)CC(C)C(O)CCCCCCCCCCCCCCC. The van der Waals surface area contributed by atoms with E-state index in [1.165, 1.54) is 122 Å². The molecule has 2 fully saturated rings. The highest BCUT2D eigenvalue weighted by Gasteiger charge is 2.54. The van der Waals surface area contributed by atoms with E-state index in [1.807, 2.05) is 6.92 Å². The van der Waals surface area contributed by atoms with E-state index >= 15 is 0 Å². The van der Waals surface area contributed by atoms with E-state index in [-0.39, 0.29) is 24.2 Å². The zero-order chi connectivity index (χ0) is 54.9. The molecule has 18 heteroatoms. The fourth-order valence-corrected chi connectivity index (χ4v) is 11.2. The highest BCUT2D eigenvalue weighted by Crippen LogP contribution is 2.34. The maximum absolute atomic E-state index is 14.0.